The van der Waals surface area contributed by atoms with Gasteiger partial charge in [-0.1, -0.05) is 12.7 Å². The van der Waals surface area contributed by atoms with Crippen LogP contribution in [0.5, 0.6) is 0 Å². The molecule has 0 aromatic heterocycles. The Morgan fingerprint density at radius 3 is 2.60 bits per heavy atom. The van der Waals surface area contributed by atoms with E-state index in [0.29, 0.717) is 5.57 Å². The minimum atomic E-state index is 0.504. The third kappa shape index (κ3) is 2.49. The molecule has 0 aliphatic heterocycles. The molecule has 1 N–H and O–H groups in total. The quantitative estimate of drug-likeness (QED) is 0.361. The maximum atomic E-state index is 10.2. The third-order valence-corrected chi connectivity index (χ3v) is 1.14. The van der Waals surface area contributed by atoms with Crippen LogP contribution in [-0.4, -0.2) is 12.8 Å². The summed E-state index contributed by atoms with van der Waals surface area (Å²) >= 11 is 0. The van der Waals surface area contributed by atoms with Gasteiger partial charge in [0.2, 0.25) is 0 Å². The fourth-order valence-corrected chi connectivity index (χ4v) is 0.655. The van der Waals surface area contributed by atoms with Crippen molar-refractivity contribution >= 4 is 6.29 Å². The van der Waals surface area contributed by atoms with E-state index in [9.17, 15) is 4.79 Å². The summed E-state index contributed by atoms with van der Waals surface area (Å²) in [6, 6.07) is 0. The van der Waals surface area contributed by atoms with E-state index in [1.807, 2.05) is 19.9 Å². The largest absolute Gasteiger partial charge is 0.385 e. The van der Waals surface area contributed by atoms with Gasteiger partial charge in [-0.05, 0) is 13.8 Å². The van der Waals surface area contributed by atoms with Crippen molar-refractivity contribution in [3.63, 3.8) is 0 Å². The van der Waals surface area contributed by atoms with E-state index in [0.717, 1.165) is 18.5 Å². The molecule has 0 saturated heterocycles. The maximum absolute atomic E-state index is 10.2. The number of carbonyl (C=O) groups is 1. The third-order valence-electron chi connectivity index (χ3n) is 1.14. The highest BCUT2D eigenvalue weighted by Gasteiger charge is 1.95. The summed E-state index contributed by atoms with van der Waals surface area (Å²) in [6.07, 6.45) is 2.58. The zero-order chi connectivity index (χ0) is 7.98. The molecule has 0 unspecified atom stereocenters. The van der Waals surface area contributed by atoms with E-state index >= 15 is 0 Å². The molecule has 0 bridgehead atoms. The molecular formula is C8H13NO. The van der Waals surface area contributed by atoms with Gasteiger partial charge in [0, 0.05) is 17.8 Å². The van der Waals surface area contributed by atoms with Crippen LogP contribution >= 0.6 is 0 Å². The van der Waals surface area contributed by atoms with Crippen molar-refractivity contribution in [2.45, 2.75) is 13.8 Å². The number of likely N-dealkylation sites (N-methyl/N-ethyl adjacent to an activating group) is 1. The van der Waals surface area contributed by atoms with Crippen LogP contribution in [-0.2, 0) is 4.79 Å². The van der Waals surface area contributed by atoms with E-state index < -0.39 is 0 Å². The summed E-state index contributed by atoms with van der Waals surface area (Å²) in [5.41, 5.74) is 1.32. The van der Waals surface area contributed by atoms with Gasteiger partial charge in [-0.2, -0.15) is 0 Å². The van der Waals surface area contributed by atoms with E-state index in [-0.39, 0.29) is 0 Å². The molecular weight excluding hydrogens is 126 g/mol. The van der Waals surface area contributed by atoms with Gasteiger partial charge >= 0.3 is 0 Å². The molecule has 0 atom stereocenters. The first-order chi connectivity index (χ1) is 4.76. The molecule has 10 heavy (non-hydrogen) atoms. The van der Waals surface area contributed by atoms with Crippen LogP contribution in [0, 0.1) is 0 Å². The number of hydrogen-bond donors (Lipinski definition) is 1. The van der Waals surface area contributed by atoms with Crippen molar-refractivity contribution in [1.29, 1.82) is 0 Å². The van der Waals surface area contributed by atoms with Gasteiger partial charge in [0.1, 0.15) is 0 Å². The highest BCUT2D eigenvalue weighted by Crippen LogP contribution is 1.98. The SMILES string of the molecule is C=C(C=O)/C(=C\C)NCC. The summed E-state index contributed by atoms with van der Waals surface area (Å²) in [6.45, 7) is 8.22. The predicted molar refractivity (Wildman–Crippen MR) is 42.6 cm³/mol. The summed E-state index contributed by atoms with van der Waals surface area (Å²) in [7, 11) is 0. The van der Waals surface area contributed by atoms with Crippen LogP contribution in [0.15, 0.2) is 23.9 Å². The second-order valence-electron chi connectivity index (χ2n) is 1.88. The van der Waals surface area contributed by atoms with Gasteiger partial charge in [0.05, 0.1) is 0 Å². The number of nitrogens with one attached hydrogen (secondary N) is 1. The second-order valence-corrected chi connectivity index (χ2v) is 1.88. The van der Waals surface area contributed by atoms with E-state index in [1.165, 1.54) is 0 Å². The normalized spacial score (nSPS) is 10.8. The van der Waals surface area contributed by atoms with Crippen molar-refractivity contribution in [3.05, 3.63) is 23.9 Å². The van der Waals surface area contributed by atoms with Crippen molar-refractivity contribution in [3.8, 4) is 0 Å². The van der Waals surface area contributed by atoms with E-state index in [1.54, 1.807) is 0 Å². The molecule has 0 heterocycles. The lowest BCUT2D eigenvalue weighted by molar-refractivity contribution is -0.104. The molecule has 0 aromatic carbocycles. The Balaban J connectivity index is 4.08. The molecule has 0 aliphatic rings. The minimum absolute atomic E-state index is 0.504. The van der Waals surface area contributed by atoms with Crippen LogP contribution in [0.4, 0.5) is 0 Å². The zero-order valence-corrected chi connectivity index (χ0v) is 6.48. The lowest BCUT2D eigenvalue weighted by Crippen LogP contribution is -2.13. The Bertz CT molecular complexity index is 159. The molecule has 0 spiro atoms. The van der Waals surface area contributed by atoms with Gasteiger partial charge < -0.3 is 5.32 Å². The van der Waals surface area contributed by atoms with Crippen molar-refractivity contribution in [1.82, 2.24) is 5.32 Å². The Morgan fingerprint density at radius 1 is 1.70 bits per heavy atom. The average Bonchev–Trinajstić information content (AvgIpc) is 1.99. The zero-order valence-electron chi connectivity index (χ0n) is 6.48. The number of allylic oxidation sites excluding steroid dienone is 2. The van der Waals surface area contributed by atoms with Crippen molar-refractivity contribution in [2.24, 2.45) is 0 Å². The summed E-state index contributed by atoms with van der Waals surface area (Å²) in [5.74, 6) is 0. The molecule has 0 amide bonds. The Labute approximate surface area is 61.6 Å². The monoisotopic (exact) mass is 139 g/mol. The van der Waals surface area contributed by atoms with Crippen LogP contribution in [0.25, 0.3) is 0 Å². The average molecular weight is 139 g/mol. The fourth-order valence-electron chi connectivity index (χ4n) is 0.655. The summed E-state index contributed by atoms with van der Waals surface area (Å²) in [5, 5.41) is 3.01. The van der Waals surface area contributed by atoms with Crippen molar-refractivity contribution < 1.29 is 4.79 Å². The fraction of sp³-hybridized carbons (Fsp3) is 0.375. The number of hydrogen-bond acceptors (Lipinski definition) is 2. The molecule has 0 aromatic rings. The Kier molecular flexibility index (Phi) is 4.29. The Morgan fingerprint density at radius 2 is 2.30 bits per heavy atom. The van der Waals surface area contributed by atoms with E-state index in [2.05, 4.69) is 11.9 Å². The molecule has 2 nitrogen and oxygen atoms in total. The second kappa shape index (κ2) is 4.79. The molecule has 2 heteroatoms. The van der Waals surface area contributed by atoms with Gasteiger partial charge in [-0.15, -0.1) is 0 Å². The molecule has 0 rings (SSSR count). The highest BCUT2D eigenvalue weighted by molar-refractivity contribution is 5.78. The lowest BCUT2D eigenvalue weighted by atomic mass is 10.2. The maximum Gasteiger partial charge on any atom is 0.151 e. The molecule has 0 aliphatic carbocycles. The minimum Gasteiger partial charge on any atom is -0.385 e. The lowest BCUT2D eigenvalue weighted by Gasteiger charge is -2.05. The van der Waals surface area contributed by atoms with Gasteiger partial charge in [0.15, 0.2) is 6.29 Å². The first-order valence-electron chi connectivity index (χ1n) is 3.30. The van der Waals surface area contributed by atoms with Gasteiger partial charge in [0.25, 0.3) is 0 Å². The van der Waals surface area contributed by atoms with Crippen LogP contribution < -0.4 is 5.32 Å². The van der Waals surface area contributed by atoms with Crippen LogP contribution in [0.1, 0.15) is 13.8 Å². The number of rotatable bonds is 4. The predicted octanol–water partition coefficient (Wildman–Crippen LogP) is 1.25. The number of carbonyl (C=O) groups excluding carboxylic acids is 1. The topological polar surface area (TPSA) is 29.1 Å². The number of aldehydes is 1. The summed E-state index contributed by atoms with van der Waals surface area (Å²) < 4.78 is 0. The van der Waals surface area contributed by atoms with Crippen molar-refractivity contribution in [2.75, 3.05) is 6.54 Å². The Hall–Kier alpha value is -1.05. The van der Waals surface area contributed by atoms with Gasteiger partial charge in [-0.3, -0.25) is 4.79 Å². The van der Waals surface area contributed by atoms with Gasteiger partial charge in [-0.25, -0.2) is 0 Å². The molecule has 0 radical (unpaired) electrons. The van der Waals surface area contributed by atoms with Crippen LogP contribution in [0.2, 0.25) is 0 Å². The highest BCUT2D eigenvalue weighted by atomic mass is 16.1. The summed E-state index contributed by atoms with van der Waals surface area (Å²) in [4.78, 5) is 10.2. The molecule has 56 valence electrons. The van der Waals surface area contributed by atoms with Crippen LogP contribution in [0.3, 0.4) is 0 Å². The molecule has 0 saturated carbocycles. The molecule has 0 fully saturated rings. The first kappa shape index (κ1) is 8.95. The first-order valence-corrected chi connectivity index (χ1v) is 3.30. The smallest absolute Gasteiger partial charge is 0.151 e. The van der Waals surface area contributed by atoms with E-state index in [4.69, 9.17) is 0 Å². The standard InChI is InChI=1S/C8H13NO/c1-4-8(9-5-2)7(3)6-10/h4,6,9H,3,5H2,1-2H3/b8-4+.